The molecule has 0 aliphatic heterocycles. The first kappa shape index (κ1) is 27.4. The van der Waals surface area contributed by atoms with Crippen molar-refractivity contribution >= 4 is 16.9 Å². The molecule has 1 aromatic heterocycles. The molecule has 0 spiro atoms. The van der Waals surface area contributed by atoms with Crippen LogP contribution in [-0.2, 0) is 18.4 Å². The Kier molecular flexibility index (Phi) is 9.16. The average molecular weight is 516 g/mol. The highest BCUT2D eigenvalue weighted by Gasteiger charge is 2.14. The molecular weight excluding hydrogens is 477 g/mol. The van der Waals surface area contributed by atoms with Crippen molar-refractivity contribution in [2.75, 3.05) is 13.2 Å². The van der Waals surface area contributed by atoms with Crippen molar-refractivity contribution < 1.29 is 13.9 Å². The molecule has 1 heterocycles. The summed E-state index contributed by atoms with van der Waals surface area (Å²) in [6.07, 6.45) is 4.51. The van der Waals surface area contributed by atoms with Gasteiger partial charge in [0.05, 0.1) is 23.2 Å². The number of imidazole rings is 1. The van der Waals surface area contributed by atoms with Crippen molar-refractivity contribution in [2.45, 2.75) is 64.8 Å². The van der Waals surface area contributed by atoms with Crippen LogP contribution in [-0.4, -0.2) is 28.6 Å². The maximum Gasteiger partial charge on any atom is 0.254 e. The molecule has 0 atom stereocenters. The summed E-state index contributed by atoms with van der Waals surface area (Å²) >= 11 is 0. The van der Waals surface area contributed by atoms with E-state index in [2.05, 4.69) is 73.1 Å². The highest BCUT2D eigenvalue weighted by Crippen LogP contribution is 2.24. The Morgan fingerprint density at radius 2 is 1.66 bits per heavy atom. The number of fused-ring (bicyclic) bond motifs is 1. The maximum atomic E-state index is 13.8. The van der Waals surface area contributed by atoms with Gasteiger partial charge in [-0.1, -0.05) is 63.6 Å². The number of benzene rings is 3. The lowest BCUT2D eigenvalue weighted by Crippen LogP contribution is -2.25. The number of para-hydroxylation sites is 2. The van der Waals surface area contributed by atoms with E-state index < -0.39 is 5.82 Å². The van der Waals surface area contributed by atoms with Gasteiger partial charge in [-0.2, -0.15) is 0 Å². The fourth-order valence-corrected chi connectivity index (χ4v) is 4.56. The number of amides is 1. The molecule has 4 aromatic rings. The van der Waals surface area contributed by atoms with Crippen molar-refractivity contribution in [1.82, 2.24) is 14.9 Å². The number of nitrogens with zero attached hydrogens (tertiary/aromatic N) is 2. The second kappa shape index (κ2) is 12.7. The molecule has 0 bridgehead atoms. The zero-order valence-electron chi connectivity index (χ0n) is 22.7. The summed E-state index contributed by atoms with van der Waals surface area (Å²) in [6, 6.07) is 22.7. The van der Waals surface area contributed by atoms with Crippen LogP contribution in [0.4, 0.5) is 4.39 Å². The third-order valence-corrected chi connectivity index (χ3v) is 6.73. The second-order valence-electron chi connectivity index (χ2n) is 10.7. The molecule has 0 saturated carbocycles. The molecular formula is C32H38FN3O2. The monoisotopic (exact) mass is 515 g/mol. The summed E-state index contributed by atoms with van der Waals surface area (Å²) in [5.41, 5.74) is 3.68. The third kappa shape index (κ3) is 7.21. The molecule has 0 aliphatic rings. The van der Waals surface area contributed by atoms with Crippen molar-refractivity contribution in [3.63, 3.8) is 0 Å². The van der Waals surface area contributed by atoms with Crippen LogP contribution >= 0.6 is 0 Å². The van der Waals surface area contributed by atoms with Crippen LogP contribution in [0.2, 0.25) is 0 Å². The minimum absolute atomic E-state index is 0.0899. The summed E-state index contributed by atoms with van der Waals surface area (Å²) in [5.74, 6) is 1.12. The van der Waals surface area contributed by atoms with Crippen molar-refractivity contribution in [1.29, 1.82) is 0 Å². The number of unbranched alkanes of at least 4 members (excludes halogenated alkanes) is 2. The molecule has 1 amide bonds. The molecule has 0 unspecified atom stereocenters. The zero-order valence-corrected chi connectivity index (χ0v) is 22.7. The first-order valence-corrected chi connectivity index (χ1v) is 13.5. The van der Waals surface area contributed by atoms with Gasteiger partial charge in [0.25, 0.3) is 5.91 Å². The number of ether oxygens (including phenoxy) is 1. The highest BCUT2D eigenvalue weighted by molar-refractivity contribution is 5.94. The fourth-order valence-electron chi connectivity index (χ4n) is 4.56. The minimum Gasteiger partial charge on any atom is -0.494 e. The molecule has 200 valence electrons. The number of nitrogens with one attached hydrogen (secondary N) is 1. The van der Waals surface area contributed by atoms with Crippen molar-refractivity contribution in [3.05, 3.63) is 95.6 Å². The summed E-state index contributed by atoms with van der Waals surface area (Å²) in [4.78, 5) is 17.0. The lowest BCUT2D eigenvalue weighted by Gasteiger charge is -2.19. The van der Waals surface area contributed by atoms with E-state index in [4.69, 9.17) is 9.72 Å². The van der Waals surface area contributed by atoms with Gasteiger partial charge in [-0.25, -0.2) is 9.37 Å². The molecule has 38 heavy (non-hydrogen) atoms. The lowest BCUT2D eigenvalue weighted by atomic mass is 9.87. The standard InChI is InChI=1S/C32H38FN3O2/c1-32(2,3)24-17-19-25(20-18-24)38-23-11-22-36-29-15-9-8-14-28(29)35-30(36)16-5-4-10-21-34-31(37)26-12-6-7-13-27(26)33/h6-9,12-15,17-20H,4-5,10-11,16,21-23H2,1-3H3,(H,34,37). The Hall–Kier alpha value is -3.67. The second-order valence-corrected chi connectivity index (χ2v) is 10.7. The van der Waals surface area contributed by atoms with Crippen LogP contribution in [0.3, 0.4) is 0 Å². The van der Waals surface area contributed by atoms with Gasteiger partial charge in [-0.05, 0) is 66.6 Å². The van der Waals surface area contributed by atoms with Gasteiger partial charge in [-0.3, -0.25) is 4.79 Å². The number of aromatic nitrogens is 2. The van der Waals surface area contributed by atoms with E-state index in [0.717, 1.165) is 61.3 Å². The lowest BCUT2D eigenvalue weighted by molar-refractivity contribution is 0.0949. The van der Waals surface area contributed by atoms with Crippen LogP contribution in [0.25, 0.3) is 11.0 Å². The largest absolute Gasteiger partial charge is 0.494 e. The van der Waals surface area contributed by atoms with E-state index in [0.29, 0.717) is 13.2 Å². The SMILES string of the molecule is CC(C)(C)c1ccc(OCCCn2c(CCCCCNC(=O)c3ccccc3F)nc3ccccc32)cc1. The van der Waals surface area contributed by atoms with Crippen LogP contribution < -0.4 is 10.1 Å². The Morgan fingerprint density at radius 1 is 0.921 bits per heavy atom. The molecule has 0 radical (unpaired) electrons. The number of aryl methyl sites for hydroxylation is 2. The molecule has 4 rings (SSSR count). The van der Waals surface area contributed by atoms with Crippen LogP contribution in [0.15, 0.2) is 72.8 Å². The quantitative estimate of drug-likeness (QED) is 0.205. The highest BCUT2D eigenvalue weighted by atomic mass is 19.1. The Morgan fingerprint density at radius 3 is 2.42 bits per heavy atom. The summed E-state index contributed by atoms with van der Waals surface area (Å²) in [6.45, 7) is 8.64. The van der Waals surface area contributed by atoms with Gasteiger partial charge in [0.1, 0.15) is 17.4 Å². The van der Waals surface area contributed by atoms with Gasteiger partial charge in [0.2, 0.25) is 0 Å². The fraction of sp³-hybridized carbons (Fsp3) is 0.375. The predicted molar refractivity (Wildman–Crippen MR) is 151 cm³/mol. The van der Waals surface area contributed by atoms with Crippen molar-refractivity contribution in [3.8, 4) is 5.75 Å². The molecule has 0 fully saturated rings. The molecule has 3 aromatic carbocycles. The van der Waals surface area contributed by atoms with Crippen molar-refractivity contribution in [2.24, 2.45) is 0 Å². The average Bonchev–Trinajstić information content (AvgIpc) is 3.25. The maximum absolute atomic E-state index is 13.8. The number of rotatable bonds is 12. The van der Waals surface area contributed by atoms with Gasteiger partial charge in [0.15, 0.2) is 0 Å². The molecule has 1 N–H and O–H groups in total. The van der Waals surface area contributed by atoms with Gasteiger partial charge >= 0.3 is 0 Å². The van der Waals surface area contributed by atoms with E-state index >= 15 is 0 Å². The third-order valence-electron chi connectivity index (χ3n) is 6.73. The van der Waals surface area contributed by atoms with E-state index in [-0.39, 0.29) is 16.9 Å². The number of carbonyl (C=O) groups excluding carboxylic acids is 1. The number of hydrogen-bond donors (Lipinski definition) is 1. The van der Waals surface area contributed by atoms with Crippen LogP contribution in [0, 0.1) is 5.82 Å². The van der Waals surface area contributed by atoms with Gasteiger partial charge in [0, 0.05) is 19.5 Å². The molecule has 0 aliphatic carbocycles. The normalized spacial score (nSPS) is 11.6. The van der Waals surface area contributed by atoms with Crippen LogP contribution in [0.5, 0.6) is 5.75 Å². The number of hydrogen-bond acceptors (Lipinski definition) is 3. The van der Waals surface area contributed by atoms with Gasteiger partial charge in [-0.15, -0.1) is 0 Å². The van der Waals surface area contributed by atoms with E-state index in [1.54, 1.807) is 12.1 Å². The molecule has 6 heteroatoms. The Labute approximate surface area is 225 Å². The Balaban J connectivity index is 1.24. The van der Waals surface area contributed by atoms with E-state index in [1.165, 1.54) is 17.7 Å². The first-order chi connectivity index (χ1) is 18.3. The smallest absolute Gasteiger partial charge is 0.254 e. The van der Waals surface area contributed by atoms with E-state index in [1.807, 2.05) is 6.07 Å². The first-order valence-electron chi connectivity index (χ1n) is 13.5. The van der Waals surface area contributed by atoms with E-state index in [9.17, 15) is 9.18 Å². The topological polar surface area (TPSA) is 56.1 Å². The molecule has 0 saturated heterocycles. The Bertz CT molecular complexity index is 1340. The van der Waals surface area contributed by atoms with Crippen LogP contribution in [0.1, 0.15) is 68.2 Å². The number of halogens is 1. The predicted octanol–water partition coefficient (Wildman–Crippen LogP) is 7.08. The summed E-state index contributed by atoms with van der Waals surface area (Å²) in [7, 11) is 0. The summed E-state index contributed by atoms with van der Waals surface area (Å²) < 4.78 is 22.1. The summed E-state index contributed by atoms with van der Waals surface area (Å²) in [5, 5.41) is 2.82. The van der Waals surface area contributed by atoms with Gasteiger partial charge < -0.3 is 14.6 Å². The number of carbonyl (C=O) groups is 1. The molecule has 5 nitrogen and oxygen atoms in total. The minimum atomic E-state index is -0.493. The zero-order chi connectivity index (χ0) is 27.0.